The van der Waals surface area contributed by atoms with Crippen LogP contribution >= 0.6 is 0 Å². The molecule has 0 spiro atoms. The number of carbonyl (C=O) groups excluding carboxylic acids is 1. The maximum absolute atomic E-state index is 11.7. The number of rotatable bonds is 8. The summed E-state index contributed by atoms with van der Waals surface area (Å²) >= 11 is 0. The fourth-order valence-corrected chi connectivity index (χ4v) is 1.51. The molecular weight excluding hydrogens is 244 g/mol. The highest BCUT2D eigenvalue weighted by molar-refractivity contribution is 5.93. The molecule has 1 rings (SSSR count). The van der Waals surface area contributed by atoms with E-state index in [1.54, 1.807) is 12.1 Å². The number of anilines is 2. The summed E-state index contributed by atoms with van der Waals surface area (Å²) in [6.07, 6.45) is 0.291. The van der Waals surface area contributed by atoms with Gasteiger partial charge in [-0.1, -0.05) is 12.1 Å². The van der Waals surface area contributed by atoms with Crippen molar-refractivity contribution in [1.29, 1.82) is 0 Å². The van der Waals surface area contributed by atoms with Crippen LogP contribution in [-0.4, -0.2) is 31.8 Å². The average Bonchev–Trinajstić information content (AvgIpc) is 2.39. The third-order valence-electron chi connectivity index (χ3n) is 2.52. The third kappa shape index (κ3) is 6.22. The highest BCUT2D eigenvalue weighted by atomic mass is 16.5. The molecule has 106 valence electrons. The van der Waals surface area contributed by atoms with E-state index >= 15 is 0 Å². The van der Waals surface area contributed by atoms with Gasteiger partial charge in [-0.15, -0.1) is 0 Å². The van der Waals surface area contributed by atoms with Gasteiger partial charge in [-0.05, 0) is 26.0 Å². The molecule has 0 radical (unpaired) electrons. The van der Waals surface area contributed by atoms with Crippen LogP contribution in [0.2, 0.25) is 0 Å². The van der Waals surface area contributed by atoms with Gasteiger partial charge in [0.1, 0.15) is 0 Å². The van der Waals surface area contributed by atoms with E-state index in [-0.39, 0.29) is 12.0 Å². The van der Waals surface area contributed by atoms with Crippen LogP contribution in [0.25, 0.3) is 0 Å². The van der Waals surface area contributed by atoms with Gasteiger partial charge in [-0.3, -0.25) is 4.79 Å². The molecule has 5 heteroatoms. The van der Waals surface area contributed by atoms with Crippen molar-refractivity contribution >= 4 is 17.3 Å². The van der Waals surface area contributed by atoms with Gasteiger partial charge in [-0.2, -0.15) is 0 Å². The molecule has 19 heavy (non-hydrogen) atoms. The molecule has 1 aromatic rings. The number of benzene rings is 1. The first-order valence-electron chi connectivity index (χ1n) is 6.47. The average molecular weight is 266 g/mol. The first kappa shape index (κ1) is 15.5. The zero-order valence-corrected chi connectivity index (χ0v) is 11.5. The molecule has 0 aliphatic heterocycles. The lowest BCUT2D eigenvalue weighted by molar-refractivity contribution is -0.118. The number of nitrogen functional groups attached to an aromatic ring is 1. The second-order valence-electron chi connectivity index (χ2n) is 4.23. The highest BCUT2D eigenvalue weighted by Gasteiger charge is 2.07. The Kier molecular flexibility index (Phi) is 6.92. The second kappa shape index (κ2) is 8.50. The molecule has 3 N–H and O–H groups in total. The van der Waals surface area contributed by atoms with Crippen molar-refractivity contribution in [2.45, 2.75) is 26.4 Å². The van der Waals surface area contributed by atoms with Gasteiger partial charge in [0.15, 0.2) is 0 Å². The summed E-state index contributed by atoms with van der Waals surface area (Å²) in [5.74, 6) is -0.110. The molecule has 1 amide bonds. The molecule has 5 nitrogen and oxygen atoms in total. The first-order chi connectivity index (χ1) is 9.13. The summed E-state index contributed by atoms with van der Waals surface area (Å²) in [6, 6.07) is 7.16. The number of ether oxygens (including phenoxy) is 2. The molecule has 1 atom stereocenters. The third-order valence-corrected chi connectivity index (χ3v) is 2.52. The first-order valence-corrected chi connectivity index (χ1v) is 6.47. The number of nitrogens with one attached hydrogen (secondary N) is 1. The molecule has 0 saturated carbocycles. The Morgan fingerprint density at radius 2 is 2.16 bits per heavy atom. The van der Waals surface area contributed by atoms with Crippen LogP contribution in [-0.2, 0) is 14.3 Å². The Hall–Kier alpha value is -1.59. The zero-order chi connectivity index (χ0) is 14.1. The SMILES string of the molecule is CCOCC(C)OCCC(=O)Nc1ccccc1N. The van der Waals surface area contributed by atoms with Gasteiger partial charge >= 0.3 is 0 Å². The van der Waals surface area contributed by atoms with Crippen molar-refractivity contribution in [3.63, 3.8) is 0 Å². The van der Waals surface area contributed by atoms with E-state index < -0.39 is 0 Å². The maximum Gasteiger partial charge on any atom is 0.226 e. The molecule has 0 aliphatic rings. The van der Waals surface area contributed by atoms with Crippen molar-refractivity contribution in [2.24, 2.45) is 0 Å². The summed E-state index contributed by atoms with van der Waals surface area (Å²) in [6.45, 7) is 5.44. The fourth-order valence-electron chi connectivity index (χ4n) is 1.51. The minimum absolute atomic E-state index is 0.00505. The van der Waals surface area contributed by atoms with Gasteiger partial charge in [0.05, 0.1) is 37.1 Å². The molecule has 1 aromatic carbocycles. The summed E-state index contributed by atoms with van der Waals surface area (Å²) in [5, 5.41) is 2.75. The monoisotopic (exact) mass is 266 g/mol. The molecule has 1 unspecified atom stereocenters. The minimum atomic E-state index is -0.110. The van der Waals surface area contributed by atoms with Gasteiger partial charge in [-0.25, -0.2) is 0 Å². The second-order valence-corrected chi connectivity index (χ2v) is 4.23. The molecule has 0 saturated heterocycles. The number of para-hydroxylation sites is 2. The van der Waals surface area contributed by atoms with Crippen LogP contribution in [0, 0.1) is 0 Å². The number of hydrogen-bond acceptors (Lipinski definition) is 4. The Balaban J connectivity index is 2.23. The molecule has 0 bridgehead atoms. The lowest BCUT2D eigenvalue weighted by Crippen LogP contribution is -2.20. The van der Waals surface area contributed by atoms with E-state index in [2.05, 4.69) is 5.32 Å². The van der Waals surface area contributed by atoms with Gasteiger partial charge in [0.2, 0.25) is 5.91 Å². The number of nitrogens with two attached hydrogens (primary N) is 1. The lowest BCUT2D eigenvalue weighted by atomic mass is 10.2. The van der Waals surface area contributed by atoms with Crippen LogP contribution in [0.1, 0.15) is 20.3 Å². The summed E-state index contributed by atoms with van der Waals surface area (Å²) in [5.41, 5.74) is 6.93. The van der Waals surface area contributed by atoms with Crippen LogP contribution in [0.3, 0.4) is 0 Å². The number of hydrogen-bond donors (Lipinski definition) is 2. The standard InChI is InChI=1S/C14H22N2O3/c1-3-18-10-11(2)19-9-8-14(17)16-13-7-5-4-6-12(13)15/h4-7,11H,3,8-10,15H2,1-2H3,(H,16,17). The Morgan fingerprint density at radius 3 is 2.84 bits per heavy atom. The highest BCUT2D eigenvalue weighted by Crippen LogP contribution is 2.16. The number of amides is 1. The van der Waals surface area contributed by atoms with Crippen molar-refractivity contribution in [1.82, 2.24) is 0 Å². The van der Waals surface area contributed by atoms with Crippen LogP contribution < -0.4 is 11.1 Å². The van der Waals surface area contributed by atoms with Crippen molar-refractivity contribution < 1.29 is 14.3 Å². The van der Waals surface area contributed by atoms with Crippen LogP contribution in [0.4, 0.5) is 11.4 Å². The minimum Gasteiger partial charge on any atom is -0.397 e. The topological polar surface area (TPSA) is 73.6 Å². The predicted octanol–water partition coefficient (Wildman–Crippen LogP) is 2.04. The van der Waals surface area contributed by atoms with Gasteiger partial charge in [0.25, 0.3) is 0 Å². The van der Waals surface area contributed by atoms with Gasteiger partial charge < -0.3 is 20.5 Å². The Bertz CT molecular complexity index is 396. The molecule has 0 fully saturated rings. The van der Waals surface area contributed by atoms with E-state index in [0.717, 1.165) is 0 Å². The maximum atomic E-state index is 11.7. The normalized spacial score (nSPS) is 12.1. The van der Waals surface area contributed by atoms with Crippen molar-refractivity contribution in [3.05, 3.63) is 24.3 Å². The van der Waals surface area contributed by atoms with E-state index in [4.69, 9.17) is 15.2 Å². The van der Waals surface area contributed by atoms with E-state index in [0.29, 0.717) is 37.6 Å². The predicted molar refractivity (Wildman–Crippen MR) is 76.0 cm³/mol. The molecule has 0 heterocycles. The van der Waals surface area contributed by atoms with E-state index in [1.165, 1.54) is 0 Å². The molecule has 0 aromatic heterocycles. The Morgan fingerprint density at radius 1 is 1.42 bits per heavy atom. The molecular formula is C14H22N2O3. The van der Waals surface area contributed by atoms with Gasteiger partial charge in [0, 0.05) is 6.61 Å². The smallest absolute Gasteiger partial charge is 0.226 e. The molecule has 0 aliphatic carbocycles. The van der Waals surface area contributed by atoms with Crippen LogP contribution in [0.15, 0.2) is 24.3 Å². The fraction of sp³-hybridized carbons (Fsp3) is 0.500. The summed E-state index contributed by atoms with van der Waals surface area (Å²) in [7, 11) is 0. The van der Waals surface area contributed by atoms with E-state index in [9.17, 15) is 4.79 Å². The summed E-state index contributed by atoms with van der Waals surface area (Å²) < 4.78 is 10.7. The van der Waals surface area contributed by atoms with Crippen molar-refractivity contribution in [2.75, 3.05) is 30.9 Å². The lowest BCUT2D eigenvalue weighted by Gasteiger charge is -2.13. The number of carbonyl (C=O) groups is 1. The van der Waals surface area contributed by atoms with Crippen molar-refractivity contribution in [3.8, 4) is 0 Å². The zero-order valence-electron chi connectivity index (χ0n) is 11.5. The summed E-state index contributed by atoms with van der Waals surface area (Å²) in [4.78, 5) is 11.7. The Labute approximate surface area is 114 Å². The van der Waals surface area contributed by atoms with E-state index in [1.807, 2.05) is 26.0 Å². The largest absolute Gasteiger partial charge is 0.397 e. The van der Waals surface area contributed by atoms with Crippen LogP contribution in [0.5, 0.6) is 0 Å². The quantitative estimate of drug-likeness (QED) is 0.706.